The van der Waals surface area contributed by atoms with E-state index in [1.165, 1.54) is 28.2 Å². The molecule has 33 heavy (non-hydrogen) atoms. The van der Waals surface area contributed by atoms with E-state index in [2.05, 4.69) is 20.5 Å². The average Bonchev–Trinajstić information content (AvgIpc) is 3.27. The van der Waals surface area contributed by atoms with Crippen LogP contribution in [0.4, 0.5) is 5.69 Å². The molecule has 0 radical (unpaired) electrons. The molecule has 0 atom stereocenters. The van der Waals surface area contributed by atoms with Gasteiger partial charge in [-0.25, -0.2) is 8.42 Å². The van der Waals surface area contributed by atoms with Crippen LogP contribution in [-0.4, -0.2) is 70.4 Å². The van der Waals surface area contributed by atoms with Crippen molar-refractivity contribution in [3.8, 4) is 11.4 Å². The molecule has 0 saturated carbocycles. The Bertz CT molecular complexity index is 1190. The van der Waals surface area contributed by atoms with Gasteiger partial charge in [-0.3, -0.25) is 9.78 Å². The van der Waals surface area contributed by atoms with Crippen LogP contribution in [0, 0.1) is 0 Å². The second kappa shape index (κ2) is 10.4. The molecule has 174 valence electrons. The van der Waals surface area contributed by atoms with E-state index >= 15 is 0 Å². The van der Waals surface area contributed by atoms with Gasteiger partial charge in [0.25, 0.3) is 0 Å². The van der Waals surface area contributed by atoms with Crippen molar-refractivity contribution in [1.82, 2.24) is 24.1 Å². The molecule has 1 amide bonds. The van der Waals surface area contributed by atoms with E-state index in [1.54, 1.807) is 24.5 Å². The number of carbonyl (C=O) groups is 1. The van der Waals surface area contributed by atoms with Crippen LogP contribution in [0.5, 0.6) is 0 Å². The van der Waals surface area contributed by atoms with Crippen LogP contribution in [0.25, 0.3) is 11.4 Å². The van der Waals surface area contributed by atoms with E-state index in [0.717, 1.165) is 11.4 Å². The first kappa shape index (κ1) is 23.4. The van der Waals surface area contributed by atoms with E-state index in [4.69, 9.17) is 4.74 Å². The van der Waals surface area contributed by atoms with Crippen molar-refractivity contribution in [3.05, 3.63) is 48.8 Å². The zero-order valence-corrected chi connectivity index (χ0v) is 19.7. The summed E-state index contributed by atoms with van der Waals surface area (Å²) in [5.74, 6) is 0.641. The molecule has 0 unspecified atom stereocenters. The number of carbonyl (C=O) groups excluding carboxylic acids is 1. The highest BCUT2D eigenvalue weighted by Gasteiger charge is 2.26. The van der Waals surface area contributed by atoms with Crippen molar-refractivity contribution in [2.45, 2.75) is 23.5 Å². The van der Waals surface area contributed by atoms with Gasteiger partial charge in [0.2, 0.25) is 15.9 Å². The molecule has 2 aromatic heterocycles. The third-order valence-electron chi connectivity index (χ3n) is 5.05. The van der Waals surface area contributed by atoms with Gasteiger partial charge in [-0.05, 0) is 43.3 Å². The summed E-state index contributed by atoms with van der Waals surface area (Å²) >= 11 is 1.29. The number of anilines is 1. The summed E-state index contributed by atoms with van der Waals surface area (Å²) in [6.45, 7) is 4.10. The molecular weight excluding hydrogens is 464 g/mol. The molecule has 10 nitrogen and oxygen atoms in total. The number of amides is 1. The zero-order chi connectivity index (χ0) is 23.3. The Labute approximate surface area is 196 Å². The summed E-state index contributed by atoms with van der Waals surface area (Å²) in [7, 11) is -3.57. The average molecular weight is 489 g/mol. The number of aromatic nitrogens is 4. The largest absolute Gasteiger partial charge is 0.379 e. The first-order valence-corrected chi connectivity index (χ1v) is 12.9. The molecular formula is C21H24N6O4S2. The number of ether oxygens (including phenoxy) is 1. The van der Waals surface area contributed by atoms with Crippen molar-refractivity contribution in [2.75, 3.05) is 37.4 Å². The van der Waals surface area contributed by atoms with Gasteiger partial charge in [0.15, 0.2) is 11.0 Å². The molecule has 0 aliphatic carbocycles. The first-order valence-electron chi connectivity index (χ1n) is 10.4. The van der Waals surface area contributed by atoms with Gasteiger partial charge in [-0.15, -0.1) is 10.2 Å². The Morgan fingerprint density at radius 3 is 2.45 bits per heavy atom. The smallest absolute Gasteiger partial charge is 0.243 e. The normalized spacial score (nSPS) is 14.8. The standard InChI is InChI=1S/C21H24N6O4S2/c1-2-27-20(16-7-9-22-10-8-16)24-25-21(27)32-15-19(28)23-17-3-5-18(6-4-17)33(29,30)26-11-13-31-14-12-26/h3-10H,2,11-15H2,1H3,(H,23,28). The van der Waals surface area contributed by atoms with Gasteiger partial charge in [-0.1, -0.05) is 11.8 Å². The Morgan fingerprint density at radius 2 is 1.79 bits per heavy atom. The molecule has 1 aliphatic heterocycles. The Balaban J connectivity index is 1.36. The van der Waals surface area contributed by atoms with Crippen molar-refractivity contribution in [1.29, 1.82) is 0 Å². The van der Waals surface area contributed by atoms with Crippen LogP contribution in [0.15, 0.2) is 58.8 Å². The molecule has 1 N–H and O–H groups in total. The Morgan fingerprint density at radius 1 is 1.09 bits per heavy atom. The number of sulfonamides is 1. The van der Waals surface area contributed by atoms with E-state index in [-0.39, 0.29) is 16.6 Å². The Hall–Kier alpha value is -2.80. The van der Waals surface area contributed by atoms with E-state index in [9.17, 15) is 13.2 Å². The predicted molar refractivity (Wildman–Crippen MR) is 124 cm³/mol. The lowest BCUT2D eigenvalue weighted by Crippen LogP contribution is -2.40. The minimum absolute atomic E-state index is 0.141. The molecule has 0 bridgehead atoms. The SMILES string of the molecule is CCn1c(SCC(=O)Nc2ccc(S(=O)(=O)N3CCOCC3)cc2)nnc1-c1ccncc1. The lowest BCUT2D eigenvalue weighted by molar-refractivity contribution is -0.113. The maximum atomic E-state index is 12.7. The fourth-order valence-corrected chi connectivity index (χ4v) is 5.58. The fourth-order valence-electron chi connectivity index (χ4n) is 3.37. The molecule has 4 rings (SSSR count). The van der Waals surface area contributed by atoms with Crippen LogP contribution in [-0.2, 0) is 26.1 Å². The van der Waals surface area contributed by atoms with Gasteiger partial charge in [0, 0.05) is 43.3 Å². The topological polar surface area (TPSA) is 119 Å². The number of nitrogens with zero attached hydrogens (tertiary/aromatic N) is 5. The second-order valence-electron chi connectivity index (χ2n) is 7.16. The lowest BCUT2D eigenvalue weighted by Gasteiger charge is -2.26. The number of benzene rings is 1. The van der Waals surface area contributed by atoms with Crippen molar-refractivity contribution >= 4 is 33.4 Å². The number of hydrogen-bond donors (Lipinski definition) is 1. The predicted octanol–water partition coefficient (Wildman–Crippen LogP) is 2.11. The van der Waals surface area contributed by atoms with Crippen molar-refractivity contribution in [3.63, 3.8) is 0 Å². The van der Waals surface area contributed by atoms with Crippen molar-refractivity contribution in [2.24, 2.45) is 0 Å². The van der Waals surface area contributed by atoms with Gasteiger partial charge in [0.05, 0.1) is 23.9 Å². The molecule has 1 aliphatic rings. The van der Waals surface area contributed by atoms with Gasteiger partial charge >= 0.3 is 0 Å². The highest BCUT2D eigenvalue weighted by molar-refractivity contribution is 7.99. The summed E-state index contributed by atoms with van der Waals surface area (Å²) in [5.41, 5.74) is 1.43. The molecule has 0 spiro atoms. The van der Waals surface area contributed by atoms with E-state index in [1.807, 2.05) is 23.6 Å². The molecule has 1 saturated heterocycles. The Kier molecular flexibility index (Phi) is 7.38. The molecule has 12 heteroatoms. The van der Waals surface area contributed by atoms with Crippen LogP contribution in [0.1, 0.15) is 6.92 Å². The lowest BCUT2D eigenvalue weighted by atomic mass is 10.2. The number of nitrogens with one attached hydrogen (secondary N) is 1. The minimum atomic E-state index is -3.57. The first-order chi connectivity index (χ1) is 16.0. The third-order valence-corrected chi connectivity index (χ3v) is 7.93. The van der Waals surface area contributed by atoms with Crippen LogP contribution in [0.3, 0.4) is 0 Å². The molecule has 3 aromatic rings. The maximum absolute atomic E-state index is 12.7. The maximum Gasteiger partial charge on any atom is 0.243 e. The summed E-state index contributed by atoms with van der Waals surface area (Å²) in [4.78, 5) is 16.7. The molecule has 1 fully saturated rings. The summed E-state index contributed by atoms with van der Waals surface area (Å²) in [6.07, 6.45) is 3.39. The number of pyridine rings is 1. The van der Waals surface area contributed by atoms with E-state index < -0.39 is 10.0 Å². The highest BCUT2D eigenvalue weighted by Crippen LogP contribution is 2.24. The number of morpholine rings is 1. The van der Waals surface area contributed by atoms with Gasteiger partial charge in [-0.2, -0.15) is 4.31 Å². The van der Waals surface area contributed by atoms with Gasteiger partial charge < -0.3 is 14.6 Å². The molecule has 3 heterocycles. The van der Waals surface area contributed by atoms with Crippen LogP contribution < -0.4 is 5.32 Å². The number of hydrogen-bond acceptors (Lipinski definition) is 8. The minimum Gasteiger partial charge on any atom is -0.379 e. The third kappa shape index (κ3) is 5.41. The van der Waals surface area contributed by atoms with Gasteiger partial charge in [0.1, 0.15) is 0 Å². The zero-order valence-electron chi connectivity index (χ0n) is 18.0. The number of thioether (sulfide) groups is 1. The summed E-state index contributed by atoms with van der Waals surface area (Å²) in [6, 6.07) is 9.91. The van der Waals surface area contributed by atoms with Crippen LogP contribution >= 0.6 is 11.8 Å². The summed E-state index contributed by atoms with van der Waals surface area (Å²) < 4.78 is 34.0. The quantitative estimate of drug-likeness (QED) is 0.479. The molecule has 1 aromatic carbocycles. The summed E-state index contributed by atoms with van der Waals surface area (Å²) in [5, 5.41) is 11.9. The highest BCUT2D eigenvalue weighted by atomic mass is 32.2. The van der Waals surface area contributed by atoms with Crippen molar-refractivity contribution < 1.29 is 17.9 Å². The monoisotopic (exact) mass is 488 g/mol. The fraction of sp³-hybridized carbons (Fsp3) is 0.333. The second-order valence-corrected chi connectivity index (χ2v) is 10.0. The van der Waals surface area contributed by atoms with Crippen LogP contribution in [0.2, 0.25) is 0 Å². The van der Waals surface area contributed by atoms with E-state index in [0.29, 0.717) is 43.7 Å². The number of rotatable bonds is 8.